The van der Waals surface area contributed by atoms with Gasteiger partial charge in [0.25, 0.3) is 0 Å². The zero-order chi connectivity index (χ0) is 10.7. The van der Waals surface area contributed by atoms with E-state index < -0.39 is 0 Å². The summed E-state index contributed by atoms with van der Waals surface area (Å²) in [4.78, 5) is 4.40. The molecule has 1 aromatic rings. The van der Waals surface area contributed by atoms with Crippen LogP contribution >= 0.6 is 27.7 Å². The summed E-state index contributed by atoms with van der Waals surface area (Å²) >= 11 is 5.00. The number of aryl methyl sites for hydroxylation is 1. The van der Waals surface area contributed by atoms with E-state index in [0.717, 1.165) is 15.2 Å². The van der Waals surface area contributed by atoms with Gasteiger partial charge >= 0.3 is 0 Å². The Balaban J connectivity index is 2.73. The van der Waals surface area contributed by atoms with Crippen molar-refractivity contribution in [3.05, 3.63) is 22.3 Å². The fraction of sp³-hybridized carbons (Fsp3) is 0.500. The monoisotopic (exact) mass is 275 g/mol. The van der Waals surface area contributed by atoms with Crippen molar-refractivity contribution in [2.45, 2.75) is 37.2 Å². The third-order valence-electron chi connectivity index (χ3n) is 1.98. The lowest BCUT2D eigenvalue weighted by molar-refractivity contribution is 0.196. The summed E-state index contributed by atoms with van der Waals surface area (Å²) in [5, 5.41) is 10.5. The average molecular weight is 276 g/mol. The van der Waals surface area contributed by atoms with Gasteiger partial charge in [-0.1, -0.05) is 6.92 Å². The molecule has 0 saturated heterocycles. The van der Waals surface area contributed by atoms with Gasteiger partial charge in [0.2, 0.25) is 0 Å². The highest BCUT2D eigenvalue weighted by Gasteiger charge is 2.11. The molecule has 1 N–H and O–H groups in total. The smallest absolute Gasteiger partial charge is 0.0967 e. The molecule has 0 saturated carbocycles. The minimum Gasteiger partial charge on any atom is -0.392 e. The van der Waals surface area contributed by atoms with E-state index in [1.807, 2.05) is 26.0 Å². The van der Waals surface area contributed by atoms with Gasteiger partial charge in [-0.05, 0) is 41.9 Å². The summed E-state index contributed by atoms with van der Waals surface area (Å²) in [5.74, 6) is 0. The Bertz CT molecular complexity index is 317. The number of aliphatic hydroxyl groups is 1. The van der Waals surface area contributed by atoms with E-state index in [4.69, 9.17) is 0 Å². The zero-order valence-corrected chi connectivity index (χ0v) is 10.9. The van der Waals surface area contributed by atoms with Crippen LogP contribution < -0.4 is 0 Å². The molecule has 0 radical (unpaired) electrons. The maximum atomic E-state index is 9.35. The number of aliphatic hydroxyl groups excluding tert-OH is 1. The number of thioether (sulfide) groups is 1. The second-order valence-corrected chi connectivity index (χ2v) is 5.53. The first-order chi connectivity index (χ1) is 6.50. The summed E-state index contributed by atoms with van der Waals surface area (Å²) in [6.45, 7) is 5.75. The van der Waals surface area contributed by atoms with Gasteiger partial charge in [0, 0.05) is 9.72 Å². The minimum absolute atomic E-state index is 0.170. The first kappa shape index (κ1) is 12.0. The van der Waals surface area contributed by atoms with E-state index in [9.17, 15) is 5.11 Å². The highest BCUT2D eigenvalue weighted by Crippen LogP contribution is 2.25. The molecule has 0 aliphatic rings. The van der Waals surface area contributed by atoms with Crippen molar-refractivity contribution in [1.82, 2.24) is 4.98 Å². The molecule has 1 aromatic heterocycles. The molecule has 2 unspecified atom stereocenters. The molecule has 2 nitrogen and oxygen atoms in total. The van der Waals surface area contributed by atoms with Crippen LogP contribution in [0.15, 0.2) is 21.6 Å². The first-order valence-corrected chi connectivity index (χ1v) is 6.16. The molecule has 2 atom stereocenters. The van der Waals surface area contributed by atoms with E-state index in [0.29, 0.717) is 0 Å². The standard InChI is InChI=1S/C10H14BrNOS/c1-6-9(11)4-5-10(12-6)14-8(3)7(2)13/h4-5,7-8,13H,1-3H3. The SMILES string of the molecule is Cc1nc(SC(C)C(C)O)ccc1Br. The number of hydrogen-bond acceptors (Lipinski definition) is 3. The molecule has 0 fully saturated rings. The number of rotatable bonds is 3. The number of nitrogens with zero attached hydrogens (tertiary/aromatic N) is 1. The number of halogens is 1. The molecule has 0 aliphatic carbocycles. The van der Waals surface area contributed by atoms with Crippen molar-refractivity contribution in [2.24, 2.45) is 0 Å². The van der Waals surface area contributed by atoms with E-state index in [1.165, 1.54) is 0 Å². The Labute approximate surface area is 97.3 Å². The lowest BCUT2D eigenvalue weighted by atomic mass is 10.3. The predicted octanol–water partition coefficient (Wildman–Crippen LogP) is 3.01. The van der Waals surface area contributed by atoms with Crippen LogP contribution in [0.25, 0.3) is 0 Å². The van der Waals surface area contributed by atoms with Crippen LogP contribution in [-0.4, -0.2) is 21.4 Å². The van der Waals surface area contributed by atoms with Crippen LogP contribution in [0.5, 0.6) is 0 Å². The molecule has 1 heterocycles. The molecular weight excluding hydrogens is 262 g/mol. The molecule has 0 bridgehead atoms. The van der Waals surface area contributed by atoms with Gasteiger partial charge in [-0.15, -0.1) is 11.8 Å². The fourth-order valence-corrected chi connectivity index (χ4v) is 2.01. The van der Waals surface area contributed by atoms with Gasteiger partial charge in [0.15, 0.2) is 0 Å². The van der Waals surface area contributed by atoms with Gasteiger partial charge in [-0.25, -0.2) is 4.98 Å². The molecule has 78 valence electrons. The van der Waals surface area contributed by atoms with Crippen molar-refractivity contribution in [3.8, 4) is 0 Å². The summed E-state index contributed by atoms with van der Waals surface area (Å²) in [6, 6.07) is 3.94. The van der Waals surface area contributed by atoms with Crippen LogP contribution in [0.2, 0.25) is 0 Å². The second-order valence-electron chi connectivity index (χ2n) is 3.28. The molecule has 0 amide bonds. The highest BCUT2D eigenvalue weighted by molar-refractivity contribution is 9.10. The largest absolute Gasteiger partial charge is 0.392 e. The van der Waals surface area contributed by atoms with Gasteiger partial charge in [0.05, 0.1) is 16.8 Å². The molecule has 0 aliphatic heterocycles. The average Bonchev–Trinajstić information content (AvgIpc) is 2.11. The van der Waals surface area contributed by atoms with Crippen LogP contribution in [0.1, 0.15) is 19.5 Å². The van der Waals surface area contributed by atoms with Crippen molar-refractivity contribution < 1.29 is 5.11 Å². The normalized spacial score (nSPS) is 15.2. The van der Waals surface area contributed by atoms with Crippen LogP contribution in [0.3, 0.4) is 0 Å². The Hall–Kier alpha value is -0.0600. The van der Waals surface area contributed by atoms with Crippen molar-refractivity contribution in [2.75, 3.05) is 0 Å². The van der Waals surface area contributed by atoms with Crippen LogP contribution in [0, 0.1) is 6.92 Å². The summed E-state index contributed by atoms with van der Waals surface area (Å²) in [6.07, 6.45) is -0.314. The quantitative estimate of drug-likeness (QED) is 0.861. The second kappa shape index (κ2) is 5.14. The highest BCUT2D eigenvalue weighted by atomic mass is 79.9. The third-order valence-corrected chi connectivity index (χ3v) is 4.05. The van der Waals surface area contributed by atoms with Gasteiger partial charge in [0.1, 0.15) is 0 Å². The van der Waals surface area contributed by atoms with Gasteiger partial charge < -0.3 is 5.11 Å². The molecule has 0 aromatic carbocycles. The maximum Gasteiger partial charge on any atom is 0.0967 e. The molecule has 14 heavy (non-hydrogen) atoms. The minimum atomic E-state index is -0.314. The molecule has 0 spiro atoms. The van der Waals surface area contributed by atoms with E-state index in [-0.39, 0.29) is 11.4 Å². The maximum absolute atomic E-state index is 9.35. The van der Waals surface area contributed by atoms with Crippen molar-refractivity contribution >= 4 is 27.7 Å². The molecule has 4 heteroatoms. The van der Waals surface area contributed by atoms with Crippen LogP contribution in [-0.2, 0) is 0 Å². The van der Waals surface area contributed by atoms with E-state index >= 15 is 0 Å². The number of hydrogen-bond donors (Lipinski definition) is 1. The fourth-order valence-electron chi connectivity index (χ4n) is 0.876. The van der Waals surface area contributed by atoms with Gasteiger partial charge in [-0.3, -0.25) is 0 Å². The Morgan fingerprint density at radius 2 is 2.07 bits per heavy atom. The Morgan fingerprint density at radius 1 is 1.43 bits per heavy atom. The first-order valence-electron chi connectivity index (χ1n) is 4.48. The Morgan fingerprint density at radius 3 is 2.57 bits per heavy atom. The van der Waals surface area contributed by atoms with E-state index in [2.05, 4.69) is 20.9 Å². The van der Waals surface area contributed by atoms with Crippen molar-refractivity contribution in [3.63, 3.8) is 0 Å². The van der Waals surface area contributed by atoms with Gasteiger partial charge in [-0.2, -0.15) is 0 Å². The Kier molecular flexibility index (Phi) is 4.41. The number of pyridine rings is 1. The predicted molar refractivity (Wildman–Crippen MR) is 63.7 cm³/mol. The summed E-state index contributed by atoms with van der Waals surface area (Å²) < 4.78 is 1.02. The third kappa shape index (κ3) is 3.26. The zero-order valence-electron chi connectivity index (χ0n) is 8.49. The van der Waals surface area contributed by atoms with Crippen molar-refractivity contribution in [1.29, 1.82) is 0 Å². The molecule has 1 rings (SSSR count). The number of aromatic nitrogens is 1. The lowest BCUT2D eigenvalue weighted by Crippen LogP contribution is -2.15. The summed E-state index contributed by atoms with van der Waals surface area (Å²) in [5.41, 5.74) is 0.979. The molecular formula is C10H14BrNOS. The lowest BCUT2D eigenvalue weighted by Gasteiger charge is -2.13. The van der Waals surface area contributed by atoms with E-state index in [1.54, 1.807) is 18.7 Å². The summed E-state index contributed by atoms with van der Waals surface area (Å²) in [7, 11) is 0. The topological polar surface area (TPSA) is 33.1 Å². The van der Waals surface area contributed by atoms with Crippen LogP contribution in [0.4, 0.5) is 0 Å².